The first kappa shape index (κ1) is 10.4. The van der Waals surface area contributed by atoms with Gasteiger partial charge in [0.15, 0.2) is 0 Å². The molecule has 0 radical (unpaired) electrons. The molecule has 1 amide bonds. The number of aromatic nitrogens is 1. The van der Waals surface area contributed by atoms with E-state index in [1.807, 2.05) is 12.1 Å². The number of nitrogens with zero attached hydrogens (tertiary/aromatic N) is 1. The Hall–Kier alpha value is -1.81. The van der Waals surface area contributed by atoms with Gasteiger partial charge in [-0.2, -0.15) is 0 Å². The fourth-order valence-corrected chi connectivity index (χ4v) is 2.16. The minimum absolute atomic E-state index is 0.0978. The van der Waals surface area contributed by atoms with Crippen LogP contribution in [0.15, 0.2) is 24.4 Å². The molecule has 1 aliphatic heterocycles. The summed E-state index contributed by atoms with van der Waals surface area (Å²) < 4.78 is 0. The van der Waals surface area contributed by atoms with Crippen molar-refractivity contribution in [3.8, 4) is 0 Å². The molecule has 5 heteroatoms. The number of carbonyl (C=O) groups is 1. The van der Waals surface area contributed by atoms with Crippen LogP contribution in [0.25, 0.3) is 10.9 Å². The predicted molar refractivity (Wildman–Crippen MR) is 67.6 cm³/mol. The van der Waals surface area contributed by atoms with Crippen molar-refractivity contribution < 1.29 is 4.79 Å². The molecule has 4 nitrogen and oxygen atoms in total. The molecule has 2 N–H and O–H groups in total. The lowest BCUT2D eigenvalue weighted by Gasteiger charge is -2.09. The largest absolute Gasteiger partial charge is 0.382 e. The predicted octanol–water partition coefficient (Wildman–Crippen LogP) is 2.04. The molecule has 0 unspecified atom stereocenters. The first-order chi connectivity index (χ1) is 8.25. The molecule has 1 aromatic carbocycles. The maximum Gasteiger partial charge on any atom is 0.255 e. The minimum atomic E-state index is -0.0978. The first-order valence-electron chi connectivity index (χ1n) is 5.36. The van der Waals surface area contributed by atoms with Gasteiger partial charge in [0.1, 0.15) is 0 Å². The van der Waals surface area contributed by atoms with Crippen LogP contribution >= 0.6 is 11.6 Å². The average molecular weight is 248 g/mol. The SMILES string of the molecule is O=C1NCCNc2c1cnc1ccc(Cl)cc21. The Bertz CT molecular complexity index is 612. The lowest BCUT2D eigenvalue weighted by Crippen LogP contribution is -2.24. The van der Waals surface area contributed by atoms with Crippen LogP contribution in [0.2, 0.25) is 5.02 Å². The molecule has 86 valence electrons. The van der Waals surface area contributed by atoms with Gasteiger partial charge < -0.3 is 10.6 Å². The van der Waals surface area contributed by atoms with Crippen LogP contribution < -0.4 is 10.6 Å². The summed E-state index contributed by atoms with van der Waals surface area (Å²) in [5.74, 6) is -0.0978. The van der Waals surface area contributed by atoms with Gasteiger partial charge >= 0.3 is 0 Å². The van der Waals surface area contributed by atoms with Gasteiger partial charge in [-0.25, -0.2) is 0 Å². The van der Waals surface area contributed by atoms with Crippen molar-refractivity contribution in [2.75, 3.05) is 18.4 Å². The summed E-state index contributed by atoms with van der Waals surface area (Å²) in [7, 11) is 0. The van der Waals surface area contributed by atoms with Crippen molar-refractivity contribution in [1.82, 2.24) is 10.3 Å². The molecule has 0 fully saturated rings. The van der Waals surface area contributed by atoms with Gasteiger partial charge in [0.2, 0.25) is 0 Å². The van der Waals surface area contributed by atoms with Crippen LogP contribution in [0.5, 0.6) is 0 Å². The topological polar surface area (TPSA) is 54.0 Å². The second-order valence-electron chi connectivity index (χ2n) is 3.89. The van der Waals surface area contributed by atoms with Crippen molar-refractivity contribution in [1.29, 1.82) is 0 Å². The molecule has 2 heterocycles. The van der Waals surface area contributed by atoms with E-state index in [0.717, 1.165) is 16.6 Å². The lowest BCUT2D eigenvalue weighted by atomic mass is 10.1. The summed E-state index contributed by atoms with van der Waals surface area (Å²) in [6.07, 6.45) is 1.60. The molecule has 0 saturated carbocycles. The number of halogens is 1. The molecule has 17 heavy (non-hydrogen) atoms. The second-order valence-corrected chi connectivity index (χ2v) is 4.33. The zero-order chi connectivity index (χ0) is 11.8. The Morgan fingerprint density at radius 3 is 2.94 bits per heavy atom. The standard InChI is InChI=1S/C12H10ClN3O/c13-7-1-2-10-8(5-7)11-9(6-16-10)12(17)15-4-3-14-11/h1-2,5-6,14H,3-4H2,(H,15,17). The van der Waals surface area contributed by atoms with Crippen molar-refractivity contribution >= 4 is 34.1 Å². The second kappa shape index (κ2) is 3.89. The van der Waals surface area contributed by atoms with Crippen LogP contribution in [0.1, 0.15) is 10.4 Å². The Kier molecular flexibility index (Phi) is 2.37. The molecule has 0 saturated heterocycles. The van der Waals surface area contributed by atoms with E-state index in [2.05, 4.69) is 15.6 Å². The van der Waals surface area contributed by atoms with E-state index in [9.17, 15) is 4.79 Å². The smallest absolute Gasteiger partial charge is 0.255 e. The van der Waals surface area contributed by atoms with E-state index in [4.69, 9.17) is 11.6 Å². The van der Waals surface area contributed by atoms with E-state index in [0.29, 0.717) is 23.7 Å². The van der Waals surface area contributed by atoms with Gasteiger partial charge in [0.25, 0.3) is 5.91 Å². The van der Waals surface area contributed by atoms with E-state index >= 15 is 0 Å². The third kappa shape index (κ3) is 1.70. The number of hydrogen-bond acceptors (Lipinski definition) is 3. The highest BCUT2D eigenvalue weighted by molar-refractivity contribution is 6.31. The Labute approximate surface area is 103 Å². The third-order valence-corrected chi connectivity index (χ3v) is 3.02. The van der Waals surface area contributed by atoms with Crippen LogP contribution in [0.4, 0.5) is 5.69 Å². The third-order valence-electron chi connectivity index (χ3n) is 2.79. The van der Waals surface area contributed by atoms with Crippen LogP contribution in [-0.2, 0) is 0 Å². The molecule has 0 aliphatic carbocycles. The van der Waals surface area contributed by atoms with Crippen LogP contribution in [0.3, 0.4) is 0 Å². The molecular weight excluding hydrogens is 238 g/mol. The molecule has 3 rings (SSSR count). The van der Waals surface area contributed by atoms with Gasteiger partial charge in [-0.3, -0.25) is 9.78 Å². The van der Waals surface area contributed by atoms with E-state index < -0.39 is 0 Å². The van der Waals surface area contributed by atoms with Gasteiger partial charge in [0.05, 0.1) is 16.8 Å². The van der Waals surface area contributed by atoms with Crippen molar-refractivity contribution in [3.63, 3.8) is 0 Å². The highest BCUT2D eigenvalue weighted by Crippen LogP contribution is 2.28. The summed E-state index contributed by atoms with van der Waals surface area (Å²) >= 11 is 5.98. The summed E-state index contributed by atoms with van der Waals surface area (Å²) in [4.78, 5) is 16.1. The van der Waals surface area contributed by atoms with Gasteiger partial charge in [-0.05, 0) is 18.2 Å². The summed E-state index contributed by atoms with van der Waals surface area (Å²) in [6.45, 7) is 1.31. The van der Waals surface area contributed by atoms with Gasteiger partial charge in [0, 0.05) is 29.7 Å². The Balaban J connectivity index is 2.33. The number of nitrogens with one attached hydrogen (secondary N) is 2. The lowest BCUT2D eigenvalue weighted by molar-refractivity contribution is 0.0958. The number of amides is 1. The summed E-state index contributed by atoms with van der Waals surface area (Å²) in [5.41, 5.74) is 2.21. The van der Waals surface area contributed by atoms with Crippen molar-refractivity contribution in [2.24, 2.45) is 0 Å². The normalized spacial score (nSPS) is 14.8. The van der Waals surface area contributed by atoms with Crippen LogP contribution in [0, 0.1) is 0 Å². The maximum absolute atomic E-state index is 11.8. The fourth-order valence-electron chi connectivity index (χ4n) is 1.99. The zero-order valence-electron chi connectivity index (χ0n) is 8.96. The number of fused-ring (bicyclic) bond motifs is 3. The molecule has 1 aromatic heterocycles. The molecule has 1 aliphatic rings. The quantitative estimate of drug-likeness (QED) is 0.749. The van der Waals surface area contributed by atoms with Crippen molar-refractivity contribution in [3.05, 3.63) is 35.0 Å². The van der Waals surface area contributed by atoms with E-state index in [1.165, 1.54) is 0 Å². The zero-order valence-corrected chi connectivity index (χ0v) is 9.71. The average Bonchev–Trinajstić information content (AvgIpc) is 2.52. The van der Waals surface area contributed by atoms with Gasteiger partial charge in [-0.15, -0.1) is 0 Å². The number of pyridine rings is 1. The number of benzene rings is 1. The minimum Gasteiger partial charge on any atom is -0.382 e. The Morgan fingerprint density at radius 2 is 2.06 bits per heavy atom. The van der Waals surface area contributed by atoms with E-state index in [-0.39, 0.29) is 5.91 Å². The molecule has 0 bridgehead atoms. The maximum atomic E-state index is 11.8. The highest BCUT2D eigenvalue weighted by atomic mass is 35.5. The molecule has 2 aromatic rings. The van der Waals surface area contributed by atoms with Crippen molar-refractivity contribution in [2.45, 2.75) is 0 Å². The van der Waals surface area contributed by atoms with Crippen LogP contribution in [-0.4, -0.2) is 24.0 Å². The molecule has 0 atom stereocenters. The summed E-state index contributed by atoms with van der Waals surface area (Å²) in [6, 6.07) is 5.47. The molecular formula is C12H10ClN3O. The monoisotopic (exact) mass is 247 g/mol. The fraction of sp³-hybridized carbons (Fsp3) is 0.167. The molecule has 0 spiro atoms. The number of anilines is 1. The summed E-state index contributed by atoms with van der Waals surface area (Å²) in [5, 5.41) is 7.57. The van der Waals surface area contributed by atoms with E-state index in [1.54, 1.807) is 12.3 Å². The number of carbonyl (C=O) groups excluding carboxylic acids is 1. The number of rotatable bonds is 0. The number of hydrogen-bond donors (Lipinski definition) is 2. The Morgan fingerprint density at radius 1 is 1.24 bits per heavy atom. The van der Waals surface area contributed by atoms with Gasteiger partial charge in [-0.1, -0.05) is 11.6 Å². The first-order valence-corrected chi connectivity index (χ1v) is 5.74. The highest BCUT2D eigenvalue weighted by Gasteiger charge is 2.17.